The minimum absolute atomic E-state index is 0.0121. The molecule has 0 atom stereocenters. The fraction of sp³-hybridized carbons (Fsp3) is 0.444. The van der Waals surface area contributed by atoms with Gasteiger partial charge in [-0.2, -0.15) is 0 Å². The number of piperidine rings is 2. The standard InChI is InChI=1S/C27H31N3O4/c1-34-23-7-4-6-20(17-23)26(32)28-13-9-19(10-14-28)25(31)29-15-11-22(12-16-29)30-18-21-5-2-3-8-24(21)27(30)33/h2-8,17,19,22H,9-16,18H2,1H3. The van der Waals surface area contributed by atoms with Crippen LogP contribution < -0.4 is 4.74 Å². The van der Waals surface area contributed by atoms with E-state index in [2.05, 4.69) is 0 Å². The Kier molecular flexibility index (Phi) is 6.26. The third-order valence-corrected chi connectivity index (χ3v) is 7.51. The Morgan fingerprint density at radius 3 is 2.29 bits per heavy atom. The average molecular weight is 462 g/mol. The topological polar surface area (TPSA) is 70.2 Å². The molecular formula is C27H31N3O4. The molecule has 0 radical (unpaired) electrons. The molecule has 3 heterocycles. The average Bonchev–Trinajstić information content (AvgIpc) is 3.24. The van der Waals surface area contributed by atoms with E-state index in [1.165, 1.54) is 0 Å². The van der Waals surface area contributed by atoms with Crippen molar-refractivity contribution in [3.8, 4) is 5.75 Å². The van der Waals surface area contributed by atoms with E-state index in [4.69, 9.17) is 4.74 Å². The molecule has 178 valence electrons. The first kappa shape index (κ1) is 22.4. The molecule has 0 saturated carbocycles. The monoisotopic (exact) mass is 461 g/mol. The molecule has 2 saturated heterocycles. The summed E-state index contributed by atoms with van der Waals surface area (Å²) in [4.78, 5) is 44.6. The molecule has 0 unspecified atom stereocenters. The zero-order chi connectivity index (χ0) is 23.7. The van der Waals surface area contributed by atoms with Crippen LogP contribution in [0.3, 0.4) is 0 Å². The summed E-state index contributed by atoms with van der Waals surface area (Å²) in [6.07, 6.45) is 3.01. The largest absolute Gasteiger partial charge is 0.497 e. The summed E-state index contributed by atoms with van der Waals surface area (Å²) in [7, 11) is 1.59. The van der Waals surface area contributed by atoms with Crippen LogP contribution in [0.25, 0.3) is 0 Å². The van der Waals surface area contributed by atoms with Crippen molar-refractivity contribution < 1.29 is 19.1 Å². The van der Waals surface area contributed by atoms with Gasteiger partial charge in [-0.25, -0.2) is 0 Å². The summed E-state index contributed by atoms with van der Waals surface area (Å²) in [6, 6.07) is 15.2. The molecular weight excluding hydrogens is 430 g/mol. The molecule has 34 heavy (non-hydrogen) atoms. The summed E-state index contributed by atoms with van der Waals surface area (Å²) in [5.74, 6) is 0.931. The Morgan fingerprint density at radius 2 is 1.59 bits per heavy atom. The second-order valence-corrected chi connectivity index (χ2v) is 9.45. The highest BCUT2D eigenvalue weighted by atomic mass is 16.5. The van der Waals surface area contributed by atoms with Gasteiger partial charge in [0.1, 0.15) is 5.75 Å². The van der Waals surface area contributed by atoms with Gasteiger partial charge in [-0.05, 0) is 55.5 Å². The predicted molar refractivity (Wildman–Crippen MR) is 128 cm³/mol. The van der Waals surface area contributed by atoms with Crippen LogP contribution in [0.2, 0.25) is 0 Å². The van der Waals surface area contributed by atoms with Crippen LogP contribution in [0, 0.1) is 5.92 Å². The predicted octanol–water partition coefficient (Wildman–Crippen LogP) is 3.19. The minimum atomic E-state index is -0.0383. The van der Waals surface area contributed by atoms with Crippen molar-refractivity contribution in [2.45, 2.75) is 38.3 Å². The zero-order valence-electron chi connectivity index (χ0n) is 19.6. The van der Waals surface area contributed by atoms with Gasteiger partial charge in [0.05, 0.1) is 7.11 Å². The maximum Gasteiger partial charge on any atom is 0.254 e. The molecule has 7 nitrogen and oxygen atoms in total. The van der Waals surface area contributed by atoms with Gasteiger partial charge in [0, 0.05) is 55.8 Å². The van der Waals surface area contributed by atoms with Crippen molar-refractivity contribution in [2.75, 3.05) is 33.3 Å². The number of hydrogen-bond acceptors (Lipinski definition) is 4. The van der Waals surface area contributed by atoms with Crippen LogP contribution >= 0.6 is 0 Å². The van der Waals surface area contributed by atoms with Gasteiger partial charge in [-0.3, -0.25) is 14.4 Å². The molecule has 2 aromatic carbocycles. The molecule has 2 aromatic rings. The lowest BCUT2D eigenvalue weighted by Crippen LogP contribution is -2.50. The number of hydrogen-bond donors (Lipinski definition) is 0. The van der Waals surface area contributed by atoms with E-state index in [1.807, 2.05) is 51.1 Å². The van der Waals surface area contributed by atoms with Crippen LogP contribution in [-0.4, -0.2) is 71.8 Å². The van der Waals surface area contributed by atoms with Gasteiger partial charge in [0.25, 0.3) is 11.8 Å². The van der Waals surface area contributed by atoms with E-state index in [0.29, 0.717) is 56.9 Å². The molecule has 0 spiro atoms. The van der Waals surface area contributed by atoms with Crippen molar-refractivity contribution in [1.29, 1.82) is 0 Å². The summed E-state index contributed by atoms with van der Waals surface area (Å²) in [5, 5.41) is 0. The number of likely N-dealkylation sites (tertiary alicyclic amines) is 2. The SMILES string of the molecule is COc1cccc(C(=O)N2CCC(C(=O)N3CCC(N4Cc5ccccc5C4=O)CC3)CC2)c1. The molecule has 5 rings (SSSR count). The van der Waals surface area contributed by atoms with E-state index in [9.17, 15) is 14.4 Å². The Morgan fingerprint density at radius 1 is 0.882 bits per heavy atom. The van der Waals surface area contributed by atoms with Crippen molar-refractivity contribution in [3.63, 3.8) is 0 Å². The van der Waals surface area contributed by atoms with Gasteiger partial charge in [-0.15, -0.1) is 0 Å². The van der Waals surface area contributed by atoms with E-state index >= 15 is 0 Å². The van der Waals surface area contributed by atoms with Gasteiger partial charge < -0.3 is 19.4 Å². The van der Waals surface area contributed by atoms with Gasteiger partial charge in [-0.1, -0.05) is 24.3 Å². The van der Waals surface area contributed by atoms with Gasteiger partial charge in [0.2, 0.25) is 5.91 Å². The number of nitrogens with zero attached hydrogens (tertiary/aromatic N) is 3. The van der Waals surface area contributed by atoms with E-state index < -0.39 is 0 Å². The van der Waals surface area contributed by atoms with Crippen LogP contribution in [0.4, 0.5) is 0 Å². The van der Waals surface area contributed by atoms with Crippen LogP contribution in [-0.2, 0) is 11.3 Å². The summed E-state index contributed by atoms with van der Waals surface area (Å²) >= 11 is 0. The molecule has 3 aliphatic heterocycles. The number of benzene rings is 2. The summed E-state index contributed by atoms with van der Waals surface area (Å²) < 4.78 is 5.23. The van der Waals surface area contributed by atoms with Crippen molar-refractivity contribution >= 4 is 17.7 Å². The molecule has 3 aliphatic rings. The van der Waals surface area contributed by atoms with Crippen LogP contribution in [0.5, 0.6) is 5.75 Å². The molecule has 0 aliphatic carbocycles. The number of methoxy groups -OCH3 is 1. The molecule has 0 bridgehead atoms. The quantitative estimate of drug-likeness (QED) is 0.701. The first-order valence-electron chi connectivity index (χ1n) is 12.2. The molecule has 7 heteroatoms. The first-order valence-corrected chi connectivity index (χ1v) is 12.2. The third kappa shape index (κ3) is 4.27. The number of ether oxygens (including phenoxy) is 1. The van der Waals surface area contributed by atoms with E-state index in [-0.39, 0.29) is 29.7 Å². The lowest BCUT2D eigenvalue weighted by atomic mass is 9.93. The fourth-order valence-corrected chi connectivity index (χ4v) is 5.50. The number of fused-ring (bicyclic) bond motifs is 1. The lowest BCUT2D eigenvalue weighted by molar-refractivity contribution is -0.138. The maximum atomic E-state index is 13.2. The number of amides is 3. The third-order valence-electron chi connectivity index (χ3n) is 7.51. The van der Waals surface area contributed by atoms with E-state index in [1.54, 1.807) is 19.2 Å². The summed E-state index contributed by atoms with van der Waals surface area (Å²) in [5.41, 5.74) is 2.53. The Labute approximate surface area is 200 Å². The van der Waals surface area contributed by atoms with Crippen LogP contribution in [0.1, 0.15) is 52.0 Å². The van der Waals surface area contributed by atoms with Crippen molar-refractivity contribution in [1.82, 2.24) is 14.7 Å². The maximum absolute atomic E-state index is 13.2. The highest BCUT2D eigenvalue weighted by molar-refractivity contribution is 5.98. The van der Waals surface area contributed by atoms with E-state index in [0.717, 1.165) is 24.0 Å². The fourth-order valence-electron chi connectivity index (χ4n) is 5.50. The van der Waals surface area contributed by atoms with Crippen molar-refractivity contribution in [2.24, 2.45) is 5.92 Å². The highest BCUT2D eigenvalue weighted by Gasteiger charge is 2.37. The highest BCUT2D eigenvalue weighted by Crippen LogP contribution is 2.30. The van der Waals surface area contributed by atoms with Crippen molar-refractivity contribution in [3.05, 3.63) is 65.2 Å². The second kappa shape index (κ2) is 9.49. The molecule has 0 N–H and O–H groups in total. The Bertz CT molecular complexity index is 1080. The zero-order valence-corrected chi connectivity index (χ0v) is 19.6. The molecule has 3 amide bonds. The Balaban J connectivity index is 1.12. The lowest BCUT2D eigenvalue weighted by Gasteiger charge is -2.39. The summed E-state index contributed by atoms with van der Waals surface area (Å²) in [6.45, 7) is 3.22. The first-order chi connectivity index (χ1) is 16.5. The number of carbonyl (C=O) groups is 3. The van der Waals surface area contributed by atoms with Gasteiger partial charge in [0.15, 0.2) is 0 Å². The second-order valence-electron chi connectivity index (χ2n) is 9.45. The van der Waals surface area contributed by atoms with Crippen LogP contribution in [0.15, 0.2) is 48.5 Å². The minimum Gasteiger partial charge on any atom is -0.497 e. The smallest absolute Gasteiger partial charge is 0.254 e. The number of carbonyl (C=O) groups excluding carboxylic acids is 3. The molecule has 2 fully saturated rings. The normalized spacial score (nSPS) is 19.3. The van der Waals surface area contributed by atoms with Gasteiger partial charge >= 0.3 is 0 Å². The Hall–Kier alpha value is -3.35. The molecule has 0 aromatic heterocycles. The number of rotatable bonds is 4.